The van der Waals surface area contributed by atoms with Gasteiger partial charge in [-0.3, -0.25) is 19.7 Å². The molecule has 1 fully saturated rings. The van der Waals surface area contributed by atoms with Crippen molar-refractivity contribution in [2.24, 2.45) is 5.92 Å². The number of piperidine rings is 1. The molecule has 0 unspecified atom stereocenters. The van der Waals surface area contributed by atoms with Crippen LogP contribution in [-0.2, 0) is 9.59 Å². The Hall–Kier alpha value is -2.68. The first kappa shape index (κ1) is 21.6. The maximum Gasteiger partial charge on any atom is 0.271 e. The van der Waals surface area contributed by atoms with Crippen LogP contribution in [0.25, 0.3) is 0 Å². The van der Waals surface area contributed by atoms with E-state index in [0.29, 0.717) is 12.3 Å². The number of benzene rings is 1. The number of hydrogen-bond acceptors (Lipinski definition) is 6. The second kappa shape index (κ2) is 10.0. The Balaban J connectivity index is 1.80. The molecule has 0 saturated carbocycles. The summed E-state index contributed by atoms with van der Waals surface area (Å²) in [6.07, 6.45) is 1.99. The minimum Gasteiger partial charge on any atom is -0.495 e. The van der Waals surface area contributed by atoms with Crippen LogP contribution in [0.15, 0.2) is 18.2 Å². The maximum absolute atomic E-state index is 12.3. The zero-order valence-electron chi connectivity index (χ0n) is 16.6. The van der Waals surface area contributed by atoms with Crippen LogP contribution >= 0.6 is 0 Å². The minimum absolute atomic E-state index is 0.0208. The van der Waals surface area contributed by atoms with E-state index < -0.39 is 4.92 Å². The van der Waals surface area contributed by atoms with E-state index in [9.17, 15) is 19.7 Å². The fraction of sp³-hybridized carbons (Fsp3) is 0.579. The van der Waals surface area contributed by atoms with Gasteiger partial charge < -0.3 is 20.3 Å². The summed E-state index contributed by atoms with van der Waals surface area (Å²) >= 11 is 0. The molecule has 1 saturated heterocycles. The van der Waals surface area contributed by atoms with Crippen LogP contribution < -0.4 is 15.4 Å². The number of nitro benzene ring substituents is 1. The van der Waals surface area contributed by atoms with Crippen molar-refractivity contribution in [2.45, 2.75) is 39.2 Å². The number of carbonyl (C=O) groups excluding carboxylic acids is 2. The number of methoxy groups -OCH3 is 1. The molecule has 28 heavy (non-hydrogen) atoms. The van der Waals surface area contributed by atoms with Gasteiger partial charge in [0, 0.05) is 50.1 Å². The number of carbonyl (C=O) groups is 2. The molecule has 0 aromatic heterocycles. The van der Waals surface area contributed by atoms with Gasteiger partial charge in [0.25, 0.3) is 5.69 Å². The minimum atomic E-state index is -0.517. The van der Waals surface area contributed by atoms with Gasteiger partial charge in [-0.25, -0.2) is 0 Å². The van der Waals surface area contributed by atoms with E-state index in [1.165, 1.54) is 25.3 Å². The van der Waals surface area contributed by atoms with Gasteiger partial charge in [0.05, 0.1) is 17.7 Å². The Morgan fingerprint density at radius 3 is 2.57 bits per heavy atom. The molecule has 1 aliphatic heterocycles. The van der Waals surface area contributed by atoms with E-state index in [0.717, 1.165) is 25.9 Å². The SMILES string of the molecule is COc1ccc([N+](=O)[O-])cc1NC(=O)CCN1CCC(NC(=O)C(C)C)CC1. The first-order valence-corrected chi connectivity index (χ1v) is 9.45. The first-order chi connectivity index (χ1) is 13.3. The molecule has 0 bridgehead atoms. The van der Waals surface area contributed by atoms with Gasteiger partial charge in [-0.1, -0.05) is 13.8 Å². The van der Waals surface area contributed by atoms with Gasteiger partial charge in [-0.15, -0.1) is 0 Å². The van der Waals surface area contributed by atoms with Gasteiger partial charge in [0.2, 0.25) is 11.8 Å². The largest absolute Gasteiger partial charge is 0.495 e. The zero-order chi connectivity index (χ0) is 20.7. The fourth-order valence-corrected chi connectivity index (χ4v) is 3.05. The van der Waals surface area contributed by atoms with Crippen LogP contribution in [0, 0.1) is 16.0 Å². The molecule has 1 heterocycles. The van der Waals surface area contributed by atoms with Gasteiger partial charge in [-0.2, -0.15) is 0 Å². The predicted octanol–water partition coefficient (Wildman–Crippen LogP) is 2.17. The Morgan fingerprint density at radius 1 is 1.32 bits per heavy atom. The Morgan fingerprint density at radius 2 is 2.00 bits per heavy atom. The van der Waals surface area contributed by atoms with E-state index >= 15 is 0 Å². The van der Waals surface area contributed by atoms with E-state index in [4.69, 9.17) is 4.74 Å². The summed E-state index contributed by atoms with van der Waals surface area (Å²) in [4.78, 5) is 36.6. The highest BCUT2D eigenvalue weighted by Gasteiger charge is 2.22. The average molecular weight is 392 g/mol. The van der Waals surface area contributed by atoms with Crippen molar-refractivity contribution in [1.82, 2.24) is 10.2 Å². The number of anilines is 1. The number of amides is 2. The predicted molar refractivity (Wildman–Crippen MR) is 105 cm³/mol. The standard InChI is InChI=1S/C19H28N4O5/c1-13(2)19(25)20-14-6-9-22(10-7-14)11-8-18(24)21-16-12-15(23(26)27)4-5-17(16)28-3/h4-5,12-14H,6-11H2,1-3H3,(H,20,25)(H,21,24). The molecule has 154 valence electrons. The second-order valence-corrected chi connectivity index (χ2v) is 7.22. The van der Waals surface area contributed by atoms with Gasteiger partial charge in [0.1, 0.15) is 5.75 Å². The van der Waals surface area contributed by atoms with E-state index in [1.54, 1.807) is 0 Å². The van der Waals surface area contributed by atoms with Crippen molar-refractivity contribution in [3.05, 3.63) is 28.3 Å². The molecule has 0 aliphatic carbocycles. The fourth-order valence-electron chi connectivity index (χ4n) is 3.05. The molecule has 1 aromatic carbocycles. The summed E-state index contributed by atoms with van der Waals surface area (Å²) in [7, 11) is 1.44. The molecule has 9 nitrogen and oxygen atoms in total. The third kappa shape index (κ3) is 6.19. The molecule has 2 amide bonds. The van der Waals surface area contributed by atoms with Gasteiger partial charge >= 0.3 is 0 Å². The number of nitrogens with zero attached hydrogens (tertiary/aromatic N) is 2. The van der Waals surface area contributed by atoms with Crippen LogP contribution in [0.5, 0.6) is 5.75 Å². The van der Waals surface area contributed by atoms with Crippen LogP contribution in [-0.4, -0.2) is 54.4 Å². The van der Waals surface area contributed by atoms with Gasteiger partial charge in [0.15, 0.2) is 0 Å². The molecule has 0 spiro atoms. The third-order valence-electron chi connectivity index (χ3n) is 4.78. The van der Waals surface area contributed by atoms with Crippen molar-refractivity contribution >= 4 is 23.2 Å². The lowest BCUT2D eigenvalue weighted by Gasteiger charge is -2.32. The number of non-ortho nitro benzene ring substituents is 1. The normalized spacial score (nSPS) is 15.3. The van der Waals surface area contributed by atoms with Crippen LogP contribution in [0.3, 0.4) is 0 Å². The first-order valence-electron chi connectivity index (χ1n) is 9.45. The number of hydrogen-bond donors (Lipinski definition) is 2. The lowest BCUT2D eigenvalue weighted by Crippen LogP contribution is -2.46. The number of nitrogens with one attached hydrogen (secondary N) is 2. The Kier molecular flexibility index (Phi) is 7.74. The molecule has 1 aromatic rings. The van der Waals surface area contributed by atoms with E-state index in [2.05, 4.69) is 15.5 Å². The summed E-state index contributed by atoms with van der Waals surface area (Å²) in [5, 5.41) is 16.7. The van der Waals surface area contributed by atoms with E-state index in [-0.39, 0.29) is 41.6 Å². The smallest absolute Gasteiger partial charge is 0.271 e. The van der Waals surface area contributed by atoms with Crippen molar-refractivity contribution in [3.8, 4) is 5.75 Å². The van der Waals surface area contributed by atoms with Crippen LogP contribution in [0.1, 0.15) is 33.1 Å². The highest BCUT2D eigenvalue weighted by Crippen LogP contribution is 2.29. The monoisotopic (exact) mass is 392 g/mol. The molecule has 0 atom stereocenters. The highest BCUT2D eigenvalue weighted by atomic mass is 16.6. The molecular formula is C19H28N4O5. The molecule has 2 N–H and O–H groups in total. The zero-order valence-corrected chi connectivity index (χ0v) is 16.6. The van der Waals surface area contributed by atoms with E-state index in [1.807, 2.05) is 13.8 Å². The number of likely N-dealkylation sites (tertiary alicyclic amines) is 1. The molecule has 0 radical (unpaired) electrons. The number of ether oxygens (including phenoxy) is 1. The van der Waals surface area contributed by atoms with Gasteiger partial charge in [-0.05, 0) is 18.9 Å². The van der Waals surface area contributed by atoms with Crippen LogP contribution in [0.2, 0.25) is 0 Å². The lowest BCUT2D eigenvalue weighted by atomic mass is 10.0. The van der Waals surface area contributed by atoms with Crippen molar-refractivity contribution < 1.29 is 19.2 Å². The lowest BCUT2D eigenvalue weighted by molar-refractivity contribution is -0.384. The molecule has 2 rings (SSSR count). The topological polar surface area (TPSA) is 114 Å². The summed E-state index contributed by atoms with van der Waals surface area (Å²) in [6, 6.07) is 4.27. The van der Waals surface area contributed by atoms with Crippen molar-refractivity contribution in [1.29, 1.82) is 0 Å². The number of nitro groups is 1. The summed E-state index contributed by atoms with van der Waals surface area (Å²) < 4.78 is 5.15. The average Bonchev–Trinajstić information content (AvgIpc) is 2.67. The summed E-state index contributed by atoms with van der Waals surface area (Å²) in [5.41, 5.74) is 0.179. The molecular weight excluding hydrogens is 364 g/mol. The second-order valence-electron chi connectivity index (χ2n) is 7.22. The Labute approximate surface area is 164 Å². The van der Waals surface area contributed by atoms with Crippen molar-refractivity contribution in [3.63, 3.8) is 0 Å². The summed E-state index contributed by atoms with van der Waals surface area (Å²) in [6.45, 7) is 5.97. The third-order valence-corrected chi connectivity index (χ3v) is 4.78. The quantitative estimate of drug-likeness (QED) is 0.518. The maximum atomic E-state index is 12.3. The van der Waals surface area contributed by atoms with Crippen LogP contribution in [0.4, 0.5) is 11.4 Å². The molecule has 9 heteroatoms. The highest BCUT2D eigenvalue weighted by molar-refractivity contribution is 5.92. The Bertz CT molecular complexity index is 714. The molecule has 1 aliphatic rings. The van der Waals surface area contributed by atoms with Crippen molar-refractivity contribution in [2.75, 3.05) is 32.1 Å². The number of rotatable bonds is 8. The summed E-state index contributed by atoms with van der Waals surface area (Å²) in [5.74, 6) is 0.200.